The molecule has 0 saturated carbocycles. The Balaban J connectivity index is 2.72. The van der Waals surface area contributed by atoms with Gasteiger partial charge in [0.05, 0.1) is 0 Å². The van der Waals surface area contributed by atoms with Crippen molar-refractivity contribution in [1.82, 2.24) is 5.32 Å². The van der Waals surface area contributed by atoms with Gasteiger partial charge in [0, 0.05) is 25.3 Å². The third-order valence-electron chi connectivity index (χ3n) is 3.48. The molecule has 0 bridgehead atoms. The number of carbonyl (C=O) groups excluding carboxylic acids is 1. The minimum absolute atomic E-state index is 0.0204. The monoisotopic (exact) mass is 374 g/mol. The normalized spacial score (nSPS) is 12.8. The van der Waals surface area contributed by atoms with Crippen LogP contribution in [0.3, 0.4) is 0 Å². The van der Waals surface area contributed by atoms with Gasteiger partial charge in [-0.3, -0.25) is 4.79 Å². The standard InChI is InChI=1S/C15H17F7N2O/c1-2-24(11-6-4-3-5-7-11)9-8-23-12(25)14(19,20)15(21,22)13(17,18)10-16/h3-7H,2,8-10H2,1H3,(H,23,25). The van der Waals surface area contributed by atoms with Gasteiger partial charge in [-0.2, -0.15) is 26.3 Å². The third kappa shape index (κ3) is 4.35. The smallest absolute Gasteiger partial charge is 0.370 e. The van der Waals surface area contributed by atoms with Gasteiger partial charge < -0.3 is 10.2 Å². The maximum atomic E-state index is 13.4. The van der Waals surface area contributed by atoms with Gasteiger partial charge in [-0.1, -0.05) is 18.2 Å². The number of halogens is 7. The van der Waals surface area contributed by atoms with E-state index in [1.165, 1.54) is 5.32 Å². The molecule has 0 heterocycles. The number of amides is 1. The van der Waals surface area contributed by atoms with Crippen molar-refractivity contribution in [2.75, 3.05) is 31.2 Å². The first kappa shape index (κ1) is 21.0. The molecular formula is C15H17F7N2O. The maximum Gasteiger partial charge on any atom is 0.392 e. The Labute approximate surface area is 139 Å². The SMILES string of the molecule is CCN(CCNC(=O)C(F)(F)C(F)(F)C(F)(F)CF)c1ccccc1. The van der Waals surface area contributed by atoms with E-state index in [1.54, 1.807) is 42.2 Å². The van der Waals surface area contributed by atoms with Gasteiger partial charge >= 0.3 is 17.8 Å². The Morgan fingerprint density at radius 3 is 2.12 bits per heavy atom. The molecule has 10 heteroatoms. The van der Waals surface area contributed by atoms with Gasteiger partial charge in [-0.15, -0.1) is 0 Å². The van der Waals surface area contributed by atoms with Crippen LogP contribution in [0, 0.1) is 0 Å². The summed E-state index contributed by atoms with van der Waals surface area (Å²) in [6.45, 7) is -1.37. The summed E-state index contributed by atoms with van der Waals surface area (Å²) in [6.07, 6.45) is 0. The fraction of sp³-hybridized carbons (Fsp3) is 0.533. The summed E-state index contributed by atoms with van der Waals surface area (Å²) in [7, 11) is 0. The molecule has 0 aliphatic carbocycles. The van der Waals surface area contributed by atoms with E-state index in [9.17, 15) is 35.5 Å². The molecule has 142 valence electrons. The topological polar surface area (TPSA) is 32.3 Å². The number of para-hydroxylation sites is 1. The van der Waals surface area contributed by atoms with Crippen LogP contribution in [0.15, 0.2) is 30.3 Å². The van der Waals surface area contributed by atoms with Crippen molar-refractivity contribution in [1.29, 1.82) is 0 Å². The van der Waals surface area contributed by atoms with E-state index >= 15 is 0 Å². The second-order valence-electron chi connectivity index (χ2n) is 5.16. The Bertz CT molecular complexity index is 566. The number of hydrogen-bond donors (Lipinski definition) is 1. The molecule has 1 aromatic carbocycles. The zero-order valence-corrected chi connectivity index (χ0v) is 13.2. The van der Waals surface area contributed by atoms with Gasteiger partial charge in [0.2, 0.25) is 0 Å². The Morgan fingerprint density at radius 1 is 1.08 bits per heavy atom. The average Bonchev–Trinajstić information content (AvgIpc) is 2.58. The van der Waals surface area contributed by atoms with E-state index in [4.69, 9.17) is 0 Å². The largest absolute Gasteiger partial charge is 0.392 e. The molecule has 1 aromatic rings. The number of carbonyl (C=O) groups is 1. The van der Waals surface area contributed by atoms with Crippen molar-refractivity contribution in [2.24, 2.45) is 0 Å². The molecule has 0 aromatic heterocycles. The Morgan fingerprint density at radius 2 is 1.64 bits per heavy atom. The zero-order valence-electron chi connectivity index (χ0n) is 13.2. The first-order chi connectivity index (χ1) is 11.5. The van der Waals surface area contributed by atoms with E-state index in [0.29, 0.717) is 12.2 Å². The van der Waals surface area contributed by atoms with Crippen LogP contribution in [-0.2, 0) is 4.79 Å². The second kappa shape index (κ2) is 7.92. The average molecular weight is 374 g/mol. The summed E-state index contributed by atoms with van der Waals surface area (Å²) in [5, 5.41) is 1.49. The molecule has 0 unspecified atom stereocenters. The van der Waals surface area contributed by atoms with Crippen LogP contribution in [0.1, 0.15) is 6.92 Å². The zero-order chi connectivity index (χ0) is 19.3. The molecule has 0 spiro atoms. The van der Waals surface area contributed by atoms with Crippen molar-refractivity contribution in [3.8, 4) is 0 Å². The Kier molecular flexibility index (Phi) is 6.67. The van der Waals surface area contributed by atoms with E-state index in [1.807, 2.05) is 0 Å². The van der Waals surface area contributed by atoms with Crippen LogP contribution in [-0.4, -0.2) is 50.0 Å². The van der Waals surface area contributed by atoms with Crippen molar-refractivity contribution in [3.05, 3.63) is 30.3 Å². The Hall–Kier alpha value is -2.00. The lowest BCUT2D eigenvalue weighted by molar-refractivity contribution is -0.300. The van der Waals surface area contributed by atoms with Gasteiger partial charge in [0.1, 0.15) is 0 Å². The fourth-order valence-electron chi connectivity index (χ4n) is 1.98. The number of benzene rings is 1. The fourth-order valence-corrected chi connectivity index (χ4v) is 1.98. The van der Waals surface area contributed by atoms with Crippen molar-refractivity contribution < 1.29 is 35.5 Å². The molecule has 1 amide bonds. The lowest BCUT2D eigenvalue weighted by Crippen LogP contribution is -2.61. The molecule has 0 aliphatic rings. The minimum Gasteiger partial charge on any atom is -0.370 e. The highest BCUT2D eigenvalue weighted by Crippen LogP contribution is 2.45. The van der Waals surface area contributed by atoms with Crippen molar-refractivity contribution in [3.63, 3.8) is 0 Å². The highest BCUT2D eigenvalue weighted by atomic mass is 19.3. The number of anilines is 1. The van der Waals surface area contributed by atoms with E-state index in [-0.39, 0.29) is 6.54 Å². The van der Waals surface area contributed by atoms with E-state index < -0.39 is 36.9 Å². The van der Waals surface area contributed by atoms with Crippen molar-refractivity contribution in [2.45, 2.75) is 24.7 Å². The highest BCUT2D eigenvalue weighted by Gasteiger charge is 2.74. The van der Waals surface area contributed by atoms with E-state index in [0.717, 1.165) is 0 Å². The summed E-state index contributed by atoms with van der Waals surface area (Å²) in [4.78, 5) is 12.9. The molecule has 0 aliphatic heterocycles. The number of alkyl halides is 7. The summed E-state index contributed by atoms with van der Waals surface area (Å²) < 4.78 is 90.4. The summed E-state index contributed by atoms with van der Waals surface area (Å²) in [6, 6.07) is 8.58. The predicted molar refractivity (Wildman–Crippen MR) is 78.2 cm³/mol. The minimum atomic E-state index is -6.15. The maximum absolute atomic E-state index is 13.4. The van der Waals surface area contributed by atoms with Crippen LogP contribution in [0.25, 0.3) is 0 Å². The number of rotatable bonds is 9. The molecule has 0 radical (unpaired) electrons. The highest BCUT2D eigenvalue weighted by molar-refractivity contribution is 5.84. The third-order valence-corrected chi connectivity index (χ3v) is 3.48. The molecule has 1 rings (SSSR count). The molecular weight excluding hydrogens is 357 g/mol. The number of likely N-dealkylation sites (N-methyl/N-ethyl adjacent to an activating group) is 1. The molecule has 0 fully saturated rings. The first-order valence-electron chi connectivity index (χ1n) is 7.29. The van der Waals surface area contributed by atoms with Crippen LogP contribution < -0.4 is 10.2 Å². The van der Waals surface area contributed by atoms with Gasteiger partial charge in [0.25, 0.3) is 5.91 Å². The molecule has 0 atom stereocenters. The van der Waals surface area contributed by atoms with Crippen molar-refractivity contribution >= 4 is 11.6 Å². The number of nitrogens with one attached hydrogen (secondary N) is 1. The molecule has 1 N–H and O–H groups in total. The van der Waals surface area contributed by atoms with Crippen LogP contribution in [0.2, 0.25) is 0 Å². The summed E-state index contributed by atoms with van der Waals surface area (Å²) >= 11 is 0. The molecule has 25 heavy (non-hydrogen) atoms. The first-order valence-corrected chi connectivity index (χ1v) is 7.29. The van der Waals surface area contributed by atoms with Crippen LogP contribution in [0.4, 0.5) is 36.4 Å². The van der Waals surface area contributed by atoms with Gasteiger partial charge in [-0.25, -0.2) is 4.39 Å². The predicted octanol–water partition coefficient (Wildman–Crippen LogP) is 3.50. The van der Waals surface area contributed by atoms with Gasteiger partial charge in [-0.05, 0) is 19.1 Å². The lowest BCUT2D eigenvalue weighted by Gasteiger charge is -2.30. The summed E-state index contributed by atoms with van der Waals surface area (Å²) in [5.74, 6) is -20.2. The van der Waals surface area contributed by atoms with Crippen LogP contribution in [0.5, 0.6) is 0 Å². The van der Waals surface area contributed by atoms with E-state index in [2.05, 4.69) is 0 Å². The number of nitrogens with zero attached hydrogens (tertiary/aromatic N) is 1. The van der Waals surface area contributed by atoms with Crippen LogP contribution >= 0.6 is 0 Å². The molecule has 0 saturated heterocycles. The number of hydrogen-bond acceptors (Lipinski definition) is 2. The second-order valence-corrected chi connectivity index (χ2v) is 5.16. The quantitative estimate of drug-likeness (QED) is 0.671. The molecule has 3 nitrogen and oxygen atoms in total. The summed E-state index contributed by atoms with van der Waals surface area (Å²) in [5.41, 5.74) is 0.695. The van der Waals surface area contributed by atoms with Gasteiger partial charge in [0.15, 0.2) is 6.67 Å². The lowest BCUT2D eigenvalue weighted by atomic mass is 10.0.